The van der Waals surface area contributed by atoms with Crippen molar-refractivity contribution in [1.82, 2.24) is 9.80 Å². The van der Waals surface area contributed by atoms with Crippen LogP contribution in [0.1, 0.15) is 226 Å². The second-order valence-corrected chi connectivity index (χ2v) is 29.5. The van der Waals surface area contributed by atoms with E-state index in [0.29, 0.717) is 24.9 Å². The molecule has 0 saturated heterocycles. The number of nitrogens with zero attached hydrogens (tertiary/aromatic N) is 2. The Bertz CT molecular complexity index is 2910. The largest absolute Gasteiger partial charge is 0.305 e. The first-order chi connectivity index (χ1) is 38.1. The van der Waals surface area contributed by atoms with Crippen LogP contribution in [0, 0.1) is 25.7 Å². The molecular weight excluding hydrogens is 1070 g/mol. The van der Waals surface area contributed by atoms with E-state index >= 15 is 9.59 Å². The van der Waals surface area contributed by atoms with Gasteiger partial charge in [-0.25, -0.2) is 0 Å². The van der Waals surface area contributed by atoms with Crippen molar-refractivity contribution in [2.75, 3.05) is 13.1 Å². The first-order valence-corrected chi connectivity index (χ1v) is 35.7. The average Bonchev–Trinajstić information content (AvgIpc) is 4.48. The van der Waals surface area contributed by atoms with Gasteiger partial charge in [-0.2, -0.15) is 0 Å². The van der Waals surface area contributed by atoms with Gasteiger partial charge >= 0.3 is 0 Å². The lowest BCUT2D eigenvalue weighted by Crippen LogP contribution is -2.32. The average molecular weight is 1160 g/mol. The molecule has 2 atom stereocenters. The molecular formula is C68H92N2O2S6. The van der Waals surface area contributed by atoms with E-state index in [9.17, 15) is 0 Å². The van der Waals surface area contributed by atoms with E-state index in [1.165, 1.54) is 169 Å². The zero-order valence-corrected chi connectivity index (χ0v) is 53.8. The SMILES string of the molecule is CCCCCCc1cc(C)sc1-c1ccc(-c2ccc(-c3sc(-c4ccc(C5=C6C(=C(c7ccc(C)s7)C(=O)N6CC(CCCC)CCCCCC)N(CC(CCCC)CCCCCC)C5=O)s4)cc3CCCCCC)s2)s1. The normalized spacial score (nSPS) is 14.6. The fourth-order valence-electron chi connectivity index (χ4n) is 11.9. The molecule has 0 radical (unpaired) electrons. The maximum absolute atomic E-state index is 15.8. The number of fused-ring (bicyclic) bond motifs is 1. The van der Waals surface area contributed by atoms with Gasteiger partial charge in [0.25, 0.3) is 11.8 Å². The third-order valence-corrected chi connectivity index (χ3v) is 23.5. The molecule has 0 spiro atoms. The lowest BCUT2D eigenvalue weighted by atomic mass is 9.94. The Balaban J connectivity index is 1.17. The minimum absolute atomic E-state index is 0.0866. The van der Waals surface area contributed by atoms with Gasteiger partial charge in [0.2, 0.25) is 0 Å². The summed E-state index contributed by atoms with van der Waals surface area (Å²) in [6.07, 6.45) is 31.1. The number of aryl methyl sites for hydroxylation is 4. The van der Waals surface area contributed by atoms with Crippen LogP contribution >= 0.6 is 68.0 Å². The zero-order valence-electron chi connectivity index (χ0n) is 48.9. The van der Waals surface area contributed by atoms with Crippen LogP contribution in [0.2, 0.25) is 0 Å². The summed E-state index contributed by atoms with van der Waals surface area (Å²) in [6, 6.07) is 23.2. The van der Waals surface area contributed by atoms with Crippen molar-refractivity contribution in [2.24, 2.45) is 11.8 Å². The fourth-order valence-corrected chi connectivity index (χ4v) is 18.6. The highest BCUT2D eigenvalue weighted by atomic mass is 32.1. The number of hydrogen-bond acceptors (Lipinski definition) is 8. The summed E-state index contributed by atoms with van der Waals surface area (Å²) in [5.41, 5.74) is 6.23. The molecule has 0 saturated carbocycles. The topological polar surface area (TPSA) is 40.6 Å². The highest BCUT2D eigenvalue weighted by molar-refractivity contribution is 7.30. The number of amides is 2. The van der Waals surface area contributed by atoms with Gasteiger partial charge in [0.1, 0.15) is 0 Å². The first kappa shape index (κ1) is 60.7. The smallest absolute Gasteiger partial charge is 0.262 e. The van der Waals surface area contributed by atoms with Crippen LogP contribution in [0.4, 0.5) is 0 Å². The summed E-state index contributed by atoms with van der Waals surface area (Å²) in [5.74, 6) is 0.939. The summed E-state index contributed by atoms with van der Waals surface area (Å²) >= 11 is 11.2. The number of rotatable bonds is 36. The van der Waals surface area contributed by atoms with Crippen molar-refractivity contribution < 1.29 is 9.59 Å². The van der Waals surface area contributed by atoms with Crippen molar-refractivity contribution in [1.29, 1.82) is 0 Å². The molecule has 0 aromatic carbocycles. The van der Waals surface area contributed by atoms with Crippen LogP contribution in [0.5, 0.6) is 0 Å². The summed E-state index contributed by atoms with van der Waals surface area (Å²) in [4.78, 5) is 50.9. The Kier molecular flexibility index (Phi) is 23.8. The Labute approximate surface area is 495 Å². The van der Waals surface area contributed by atoms with Gasteiger partial charge < -0.3 is 9.80 Å². The van der Waals surface area contributed by atoms with Gasteiger partial charge in [0, 0.05) is 71.6 Å². The molecule has 2 aliphatic rings. The van der Waals surface area contributed by atoms with Crippen molar-refractivity contribution in [2.45, 2.75) is 222 Å². The molecule has 0 bridgehead atoms. The van der Waals surface area contributed by atoms with Crippen molar-refractivity contribution in [3.63, 3.8) is 0 Å². The van der Waals surface area contributed by atoms with Crippen LogP contribution in [0.3, 0.4) is 0 Å². The second kappa shape index (κ2) is 30.6. The monoisotopic (exact) mass is 1160 g/mol. The van der Waals surface area contributed by atoms with Crippen LogP contribution < -0.4 is 0 Å². The van der Waals surface area contributed by atoms with Gasteiger partial charge in [0.15, 0.2) is 0 Å². The van der Waals surface area contributed by atoms with Crippen molar-refractivity contribution in [3.05, 3.63) is 103 Å². The molecule has 422 valence electrons. The minimum Gasteiger partial charge on any atom is -0.305 e. The van der Waals surface area contributed by atoms with Crippen LogP contribution in [-0.2, 0) is 22.4 Å². The summed E-state index contributed by atoms with van der Waals surface area (Å²) in [7, 11) is 0. The molecule has 0 N–H and O–H groups in total. The van der Waals surface area contributed by atoms with E-state index in [0.717, 1.165) is 90.1 Å². The maximum Gasteiger partial charge on any atom is 0.262 e. The lowest BCUT2D eigenvalue weighted by Gasteiger charge is -2.27. The molecule has 0 aliphatic carbocycles. The van der Waals surface area contributed by atoms with Crippen molar-refractivity contribution in [3.8, 4) is 39.0 Å². The molecule has 2 aliphatic heterocycles. The van der Waals surface area contributed by atoms with Gasteiger partial charge in [-0.3, -0.25) is 9.59 Å². The van der Waals surface area contributed by atoms with E-state index < -0.39 is 0 Å². The Morgan fingerprint density at radius 3 is 1.22 bits per heavy atom. The summed E-state index contributed by atoms with van der Waals surface area (Å²) in [5, 5.41) is 0. The molecule has 78 heavy (non-hydrogen) atoms. The number of hydrogen-bond donors (Lipinski definition) is 0. The summed E-state index contributed by atoms with van der Waals surface area (Å²) in [6.45, 7) is 19.5. The molecule has 6 aromatic heterocycles. The first-order valence-electron chi connectivity index (χ1n) is 30.8. The van der Waals surface area contributed by atoms with Crippen LogP contribution in [-0.4, -0.2) is 34.7 Å². The fraction of sp³-hybridized carbons (Fsp3) is 0.559. The van der Waals surface area contributed by atoms with E-state index in [-0.39, 0.29) is 11.8 Å². The molecule has 0 fully saturated rings. The van der Waals surface area contributed by atoms with Crippen molar-refractivity contribution >= 4 is 91.0 Å². The quantitative estimate of drug-likeness (QED) is 0.0368. The molecule has 2 amide bonds. The molecule has 10 heteroatoms. The minimum atomic E-state index is 0.0866. The van der Waals surface area contributed by atoms with Gasteiger partial charge in [-0.05, 0) is 149 Å². The summed E-state index contributed by atoms with van der Waals surface area (Å²) < 4.78 is 0. The Morgan fingerprint density at radius 2 is 0.744 bits per heavy atom. The number of unbranched alkanes of at least 4 members (excludes halogenated alkanes) is 14. The Hall–Kier alpha value is -3.38. The highest BCUT2D eigenvalue weighted by Crippen LogP contribution is 2.52. The third-order valence-electron chi connectivity index (χ3n) is 16.2. The van der Waals surface area contributed by atoms with E-state index in [2.05, 4.69) is 126 Å². The number of carbonyl (C=O) groups is 2. The molecule has 2 unspecified atom stereocenters. The van der Waals surface area contributed by atoms with E-state index in [1.807, 2.05) is 45.3 Å². The zero-order chi connectivity index (χ0) is 55.0. The van der Waals surface area contributed by atoms with Gasteiger partial charge in [-0.1, -0.05) is 157 Å². The Morgan fingerprint density at radius 1 is 0.359 bits per heavy atom. The van der Waals surface area contributed by atoms with Gasteiger partial charge in [0.05, 0.1) is 22.5 Å². The molecule has 4 nitrogen and oxygen atoms in total. The number of thiophene rings is 6. The van der Waals surface area contributed by atoms with Gasteiger partial charge in [-0.15, -0.1) is 68.0 Å². The maximum atomic E-state index is 15.8. The third kappa shape index (κ3) is 15.2. The number of carbonyl (C=O) groups excluding carboxylic acids is 2. The standard InChI is InChI=1S/C68H92N2O2S6/c1-9-15-21-25-31-49(29-19-13-5)45-69-63-61(56-36-35-47(7)73-56)67(71)70(46-50(30-20-14-6)32-26-22-16-10-2)64(63)62(68(69)72)57-40-37-55(75-57)60-44-52(34-28-24-18-12-4)66(78-60)59-42-39-54(77-59)53-38-41-58(76-53)65-51(43-48(8)74-65)33-27-23-17-11-3/h35-44,49-50H,9-34,45-46H2,1-8H3. The lowest BCUT2D eigenvalue weighted by molar-refractivity contribution is -0.123. The van der Waals surface area contributed by atoms with Crippen LogP contribution in [0.15, 0.2) is 72.1 Å². The van der Waals surface area contributed by atoms with E-state index in [4.69, 9.17) is 0 Å². The van der Waals surface area contributed by atoms with Crippen LogP contribution in [0.25, 0.3) is 50.2 Å². The molecule has 8 rings (SSSR count). The van der Waals surface area contributed by atoms with E-state index in [1.54, 1.807) is 22.7 Å². The predicted octanol–water partition coefficient (Wildman–Crippen LogP) is 22.9. The highest BCUT2D eigenvalue weighted by Gasteiger charge is 2.50. The second-order valence-electron chi connectivity index (χ2n) is 22.7. The molecule has 8 heterocycles. The predicted molar refractivity (Wildman–Crippen MR) is 348 cm³/mol. The molecule has 6 aromatic rings.